The lowest BCUT2D eigenvalue weighted by atomic mass is 9.99. The SMILES string of the molecule is O=C(NS)C1CN(C(=O)O)C2CCN(C(=O)O)C12. The maximum absolute atomic E-state index is 11.7. The second kappa shape index (κ2) is 4.56. The van der Waals surface area contributed by atoms with Crippen molar-refractivity contribution in [3.63, 3.8) is 0 Å². The molecule has 0 bridgehead atoms. The van der Waals surface area contributed by atoms with Crippen molar-refractivity contribution in [2.45, 2.75) is 18.5 Å². The standard InChI is InChI=1S/C9H13N3O5S/c13-7(10-18)4-3-12(9(16)17)5-1-2-11(6(4)5)8(14)15/h4-6,18H,1-3H2,(H,10,13)(H,14,15)(H,16,17). The van der Waals surface area contributed by atoms with E-state index in [4.69, 9.17) is 10.2 Å². The molecule has 0 aromatic heterocycles. The average molecular weight is 275 g/mol. The molecular weight excluding hydrogens is 262 g/mol. The van der Waals surface area contributed by atoms with Gasteiger partial charge in [0.1, 0.15) is 0 Å². The van der Waals surface area contributed by atoms with Crippen LogP contribution in [0.1, 0.15) is 6.42 Å². The zero-order valence-electron chi connectivity index (χ0n) is 9.31. The molecule has 2 saturated heterocycles. The van der Waals surface area contributed by atoms with Crippen LogP contribution in [0.3, 0.4) is 0 Å². The van der Waals surface area contributed by atoms with Gasteiger partial charge in [-0.2, -0.15) is 0 Å². The fourth-order valence-corrected chi connectivity index (χ4v) is 3.01. The van der Waals surface area contributed by atoms with Gasteiger partial charge in [0.05, 0.1) is 18.0 Å². The number of hydrogen-bond donors (Lipinski definition) is 4. The Kier molecular flexibility index (Phi) is 3.24. The summed E-state index contributed by atoms with van der Waals surface area (Å²) < 4.78 is 2.15. The molecule has 8 nitrogen and oxygen atoms in total. The zero-order chi connectivity index (χ0) is 13.4. The van der Waals surface area contributed by atoms with E-state index in [1.165, 1.54) is 0 Å². The van der Waals surface area contributed by atoms with E-state index in [0.29, 0.717) is 6.42 Å². The molecule has 2 aliphatic heterocycles. The second-order valence-corrected chi connectivity index (χ2v) is 4.56. The van der Waals surface area contributed by atoms with Crippen LogP contribution in [0.25, 0.3) is 0 Å². The van der Waals surface area contributed by atoms with Gasteiger partial charge in [-0.25, -0.2) is 9.59 Å². The average Bonchev–Trinajstić information content (AvgIpc) is 2.86. The van der Waals surface area contributed by atoms with Crippen LogP contribution in [0.5, 0.6) is 0 Å². The number of nitrogens with one attached hydrogen (secondary N) is 1. The first-order chi connectivity index (χ1) is 8.47. The van der Waals surface area contributed by atoms with E-state index in [1.54, 1.807) is 0 Å². The molecule has 100 valence electrons. The minimum atomic E-state index is -1.13. The van der Waals surface area contributed by atoms with Crippen molar-refractivity contribution in [1.82, 2.24) is 14.5 Å². The zero-order valence-corrected chi connectivity index (χ0v) is 10.2. The molecule has 0 saturated carbocycles. The second-order valence-electron chi connectivity index (χ2n) is 4.34. The van der Waals surface area contributed by atoms with Crippen molar-refractivity contribution in [2.75, 3.05) is 13.1 Å². The lowest BCUT2D eigenvalue weighted by molar-refractivity contribution is -0.123. The van der Waals surface area contributed by atoms with Crippen LogP contribution in [-0.2, 0) is 4.79 Å². The number of nitrogens with zero attached hydrogens (tertiary/aromatic N) is 2. The molecule has 3 N–H and O–H groups in total. The summed E-state index contributed by atoms with van der Waals surface area (Å²) in [5.74, 6) is -1.16. The lowest BCUT2D eigenvalue weighted by Crippen LogP contribution is -2.45. The molecule has 3 atom stereocenters. The number of fused-ring (bicyclic) bond motifs is 1. The number of likely N-dealkylation sites (tertiary alicyclic amines) is 2. The summed E-state index contributed by atoms with van der Waals surface area (Å²) >= 11 is 3.65. The molecule has 2 aliphatic rings. The Hall–Kier alpha value is -1.64. The van der Waals surface area contributed by atoms with Gasteiger partial charge in [-0.05, 0) is 6.42 Å². The van der Waals surface area contributed by atoms with Crippen molar-refractivity contribution < 1.29 is 24.6 Å². The third-order valence-electron chi connectivity index (χ3n) is 3.56. The Morgan fingerprint density at radius 1 is 1.17 bits per heavy atom. The normalized spacial score (nSPS) is 30.2. The van der Waals surface area contributed by atoms with Crippen LogP contribution >= 0.6 is 12.8 Å². The molecule has 0 aromatic rings. The summed E-state index contributed by atoms with van der Waals surface area (Å²) in [6.07, 6.45) is -1.85. The van der Waals surface area contributed by atoms with Gasteiger partial charge in [0, 0.05) is 13.1 Å². The van der Waals surface area contributed by atoms with Crippen LogP contribution in [0, 0.1) is 5.92 Å². The highest BCUT2D eigenvalue weighted by Gasteiger charge is 2.54. The number of carboxylic acid groups (broad SMARTS) is 2. The van der Waals surface area contributed by atoms with E-state index in [0.717, 1.165) is 9.80 Å². The summed E-state index contributed by atoms with van der Waals surface area (Å²) in [6.45, 7) is 0.242. The summed E-state index contributed by atoms with van der Waals surface area (Å²) in [5.41, 5.74) is 0. The van der Waals surface area contributed by atoms with E-state index in [1.807, 2.05) is 0 Å². The fourth-order valence-electron chi connectivity index (χ4n) is 2.84. The number of rotatable bonds is 1. The van der Waals surface area contributed by atoms with Crippen molar-refractivity contribution in [2.24, 2.45) is 5.92 Å². The van der Waals surface area contributed by atoms with Crippen LogP contribution in [-0.4, -0.2) is 63.3 Å². The maximum Gasteiger partial charge on any atom is 0.407 e. The maximum atomic E-state index is 11.7. The van der Waals surface area contributed by atoms with Crippen molar-refractivity contribution in [3.05, 3.63) is 0 Å². The molecule has 3 unspecified atom stereocenters. The molecule has 0 aliphatic carbocycles. The topological polar surface area (TPSA) is 110 Å². The highest BCUT2D eigenvalue weighted by molar-refractivity contribution is 7.78. The number of thiol groups is 1. The smallest absolute Gasteiger partial charge is 0.407 e. The molecule has 0 radical (unpaired) electrons. The molecule has 0 aromatic carbocycles. The predicted octanol–water partition coefficient (Wildman–Crippen LogP) is -0.322. The molecule has 2 heterocycles. The van der Waals surface area contributed by atoms with Gasteiger partial charge in [0.2, 0.25) is 5.91 Å². The molecule has 9 heteroatoms. The number of carbonyl (C=O) groups excluding carboxylic acids is 1. The summed E-state index contributed by atoms with van der Waals surface area (Å²) in [5, 5.41) is 18.1. The fraction of sp³-hybridized carbons (Fsp3) is 0.667. The predicted molar refractivity (Wildman–Crippen MR) is 62.3 cm³/mol. The van der Waals surface area contributed by atoms with Gasteiger partial charge >= 0.3 is 12.2 Å². The number of amides is 3. The van der Waals surface area contributed by atoms with E-state index >= 15 is 0 Å². The Labute approximate surface area is 108 Å². The van der Waals surface area contributed by atoms with Gasteiger partial charge in [0.25, 0.3) is 0 Å². The largest absolute Gasteiger partial charge is 0.465 e. The van der Waals surface area contributed by atoms with Crippen molar-refractivity contribution in [1.29, 1.82) is 0 Å². The quantitative estimate of drug-likeness (QED) is 0.490. The van der Waals surface area contributed by atoms with E-state index in [9.17, 15) is 14.4 Å². The first kappa shape index (κ1) is 12.8. The van der Waals surface area contributed by atoms with E-state index in [2.05, 4.69) is 17.5 Å². The van der Waals surface area contributed by atoms with Crippen LogP contribution < -0.4 is 4.72 Å². The first-order valence-corrected chi connectivity index (χ1v) is 5.85. The van der Waals surface area contributed by atoms with Crippen LogP contribution in [0.15, 0.2) is 0 Å². The van der Waals surface area contributed by atoms with Gasteiger partial charge < -0.3 is 24.7 Å². The lowest BCUT2D eigenvalue weighted by Gasteiger charge is -2.24. The highest BCUT2D eigenvalue weighted by Crippen LogP contribution is 2.35. The van der Waals surface area contributed by atoms with E-state index < -0.39 is 36.1 Å². The van der Waals surface area contributed by atoms with Crippen LogP contribution in [0.4, 0.5) is 9.59 Å². The van der Waals surface area contributed by atoms with Crippen molar-refractivity contribution in [3.8, 4) is 0 Å². The summed E-state index contributed by atoms with van der Waals surface area (Å²) in [4.78, 5) is 36.1. The van der Waals surface area contributed by atoms with Crippen LogP contribution in [0.2, 0.25) is 0 Å². The summed E-state index contributed by atoms with van der Waals surface area (Å²) in [7, 11) is 0. The minimum Gasteiger partial charge on any atom is -0.465 e. The van der Waals surface area contributed by atoms with Gasteiger partial charge in [-0.1, -0.05) is 12.8 Å². The van der Waals surface area contributed by atoms with E-state index in [-0.39, 0.29) is 13.1 Å². The van der Waals surface area contributed by atoms with Gasteiger partial charge in [0.15, 0.2) is 0 Å². The molecule has 0 spiro atoms. The molecular formula is C9H13N3O5S. The minimum absolute atomic E-state index is 0.000833. The third kappa shape index (κ3) is 1.84. The first-order valence-electron chi connectivity index (χ1n) is 5.40. The molecule has 2 fully saturated rings. The molecule has 18 heavy (non-hydrogen) atoms. The Morgan fingerprint density at radius 3 is 2.28 bits per heavy atom. The van der Waals surface area contributed by atoms with Gasteiger partial charge in [-0.3, -0.25) is 4.79 Å². The monoisotopic (exact) mass is 275 g/mol. The number of carbonyl (C=O) groups is 3. The summed E-state index contributed by atoms with van der Waals surface area (Å²) in [6, 6.07) is -1.07. The Bertz CT molecular complexity index is 392. The Morgan fingerprint density at radius 2 is 1.78 bits per heavy atom. The molecule has 2 rings (SSSR count). The van der Waals surface area contributed by atoms with Gasteiger partial charge in [-0.15, -0.1) is 0 Å². The third-order valence-corrected chi connectivity index (χ3v) is 3.78. The highest BCUT2D eigenvalue weighted by atomic mass is 32.1. The van der Waals surface area contributed by atoms with Crippen molar-refractivity contribution >= 4 is 30.9 Å². The molecule has 3 amide bonds. The Balaban J connectivity index is 2.29. The number of hydrogen-bond acceptors (Lipinski definition) is 4.